The second-order valence-electron chi connectivity index (χ2n) is 3.23. The van der Waals surface area contributed by atoms with Crippen LogP contribution in [0.5, 0.6) is 0 Å². The molecule has 0 spiro atoms. The number of carbonyl (C=O) groups excluding carboxylic acids is 1. The average molecular weight is 301 g/mol. The van der Waals surface area contributed by atoms with Crippen molar-refractivity contribution >= 4 is 29.9 Å². The third kappa shape index (κ3) is 6.19. The van der Waals surface area contributed by atoms with Gasteiger partial charge in [0.1, 0.15) is 0 Å². The summed E-state index contributed by atoms with van der Waals surface area (Å²) in [5, 5.41) is 19.4. The smallest absolute Gasteiger partial charge is 0.335 e. The van der Waals surface area contributed by atoms with Gasteiger partial charge in [-0.25, -0.2) is 4.79 Å². The Bertz CT molecular complexity index is 477. The van der Waals surface area contributed by atoms with Crippen molar-refractivity contribution in [3.63, 3.8) is 0 Å². The first kappa shape index (κ1) is 17.9. The maximum Gasteiger partial charge on any atom is 0.335 e. The van der Waals surface area contributed by atoms with Crippen LogP contribution in [0.3, 0.4) is 0 Å². The van der Waals surface area contributed by atoms with Crippen LogP contribution in [0.25, 0.3) is 0 Å². The molecule has 7 nitrogen and oxygen atoms in total. The number of hydrogen-bond acceptors (Lipinski definition) is 6. The van der Waals surface area contributed by atoms with Gasteiger partial charge in [-0.1, -0.05) is 6.92 Å². The number of carboxylic acid groups (broad SMARTS) is 1. The van der Waals surface area contributed by atoms with E-state index in [1.807, 2.05) is 6.92 Å². The maximum absolute atomic E-state index is 10.7. The predicted octanol–water partition coefficient (Wildman–Crippen LogP) is 2.58. The number of nitro groups is 1. The van der Waals surface area contributed by atoms with Crippen LogP contribution in [0.4, 0.5) is 5.69 Å². The van der Waals surface area contributed by atoms with Crippen molar-refractivity contribution in [2.45, 2.75) is 18.7 Å². The van der Waals surface area contributed by atoms with Crippen LogP contribution in [0.2, 0.25) is 0 Å². The van der Waals surface area contributed by atoms with Crippen molar-refractivity contribution in [3.05, 3.63) is 33.9 Å². The molecular weight excluding hydrogens is 286 g/mol. The number of nitro benzene ring substituents is 1. The second-order valence-corrected chi connectivity index (χ2v) is 4.54. The van der Waals surface area contributed by atoms with Gasteiger partial charge in [0, 0.05) is 6.07 Å². The SMILES string of the molecule is CCOC=O.CCSc1ccc(C(=O)O)cc1[N+](=O)[O-]. The van der Waals surface area contributed by atoms with Gasteiger partial charge in [-0.05, 0) is 24.8 Å². The molecule has 0 atom stereocenters. The number of carboxylic acids is 1. The van der Waals surface area contributed by atoms with Crippen LogP contribution < -0.4 is 0 Å². The van der Waals surface area contributed by atoms with E-state index in [9.17, 15) is 19.7 Å². The van der Waals surface area contributed by atoms with Gasteiger partial charge in [0.05, 0.1) is 22.0 Å². The zero-order valence-electron chi connectivity index (χ0n) is 11.1. The van der Waals surface area contributed by atoms with Gasteiger partial charge in [0.15, 0.2) is 0 Å². The van der Waals surface area contributed by atoms with Crippen LogP contribution in [0.15, 0.2) is 23.1 Å². The summed E-state index contributed by atoms with van der Waals surface area (Å²) in [6.45, 7) is 4.54. The molecule has 0 aliphatic heterocycles. The van der Waals surface area contributed by atoms with Crippen molar-refractivity contribution in [3.8, 4) is 0 Å². The average Bonchev–Trinajstić information content (AvgIpc) is 2.40. The third-order valence-electron chi connectivity index (χ3n) is 1.94. The second kappa shape index (κ2) is 9.79. The number of rotatable bonds is 6. The lowest BCUT2D eigenvalue weighted by Gasteiger charge is -2.01. The predicted molar refractivity (Wildman–Crippen MR) is 74.1 cm³/mol. The fourth-order valence-corrected chi connectivity index (χ4v) is 1.90. The van der Waals surface area contributed by atoms with Gasteiger partial charge < -0.3 is 9.84 Å². The molecule has 0 bridgehead atoms. The molecule has 0 aliphatic rings. The molecule has 20 heavy (non-hydrogen) atoms. The minimum absolute atomic E-state index is 0.0675. The number of ether oxygens (including phenoxy) is 1. The molecule has 1 N–H and O–H groups in total. The molecule has 0 saturated carbocycles. The Hall–Kier alpha value is -2.09. The summed E-state index contributed by atoms with van der Waals surface area (Å²) in [6.07, 6.45) is 0. The van der Waals surface area contributed by atoms with E-state index < -0.39 is 10.9 Å². The normalized spacial score (nSPS) is 9.10. The van der Waals surface area contributed by atoms with Gasteiger partial charge in [-0.3, -0.25) is 14.9 Å². The van der Waals surface area contributed by atoms with Gasteiger partial charge in [-0.2, -0.15) is 0 Å². The Morgan fingerprint density at radius 1 is 1.50 bits per heavy atom. The highest BCUT2D eigenvalue weighted by molar-refractivity contribution is 7.99. The van der Waals surface area contributed by atoms with Crippen molar-refractivity contribution in [1.82, 2.24) is 0 Å². The summed E-state index contributed by atoms with van der Waals surface area (Å²) in [5.74, 6) is -0.459. The van der Waals surface area contributed by atoms with E-state index in [2.05, 4.69) is 4.74 Å². The number of hydrogen-bond donors (Lipinski definition) is 1. The zero-order valence-corrected chi connectivity index (χ0v) is 11.9. The van der Waals surface area contributed by atoms with Crippen LogP contribution >= 0.6 is 11.8 Å². The lowest BCUT2D eigenvalue weighted by molar-refractivity contribution is -0.387. The summed E-state index contributed by atoms with van der Waals surface area (Å²) < 4.78 is 4.15. The highest BCUT2D eigenvalue weighted by Gasteiger charge is 2.16. The van der Waals surface area contributed by atoms with Crippen LogP contribution in [-0.4, -0.2) is 34.8 Å². The van der Waals surface area contributed by atoms with E-state index in [4.69, 9.17) is 5.11 Å². The largest absolute Gasteiger partial charge is 0.478 e. The van der Waals surface area contributed by atoms with E-state index in [1.165, 1.54) is 23.9 Å². The van der Waals surface area contributed by atoms with E-state index in [0.717, 1.165) is 6.07 Å². The topological polar surface area (TPSA) is 107 Å². The lowest BCUT2D eigenvalue weighted by Crippen LogP contribution is -1.99. The van der Waals surface area contributed by atoms with Crippen molar-refractivity contribution < 1.29 is 24.4 Å². The summed E-state index contributed by atoms with van der Waals surface area (Å²) in [7, 11) is 0. The first-order valence-electron chi connectivity index (χ1n) is 5.67. The van der Waals surface area contributed by atoms with Crippen molar-refractivity contribution in [2.24, 2.45) is 0 Å². The number of nitrogens with zero attached hydrogens (tertiary/aromatic N) is 1. The minimum Gasteiger partial charge on any atom is -0.478 e. The van der Waals surface area contributed by atoms with Crippen molar-refractivity contribution in [2.75, 3.05) is 12.4 Å². The van der Waals surface area contributed by atoms with Crippen LogP contribution in [0, 0.1) is 10.1 Å². The molecule has 0 amide bonds. The molecular formula is C12H15NO6S. The first-order chi connectivity index (χ1) is 9.47. The van der Waals surface area contributed by atoms with E-state index in [1.54, 1.807) is 6.92 Å². The summed E-state index contributed by atoms with van der Waals surface area (Å²) in [5.41, 5.74) is -0.219. The van der Waals surface area contributed by atoms with Crippen molar-refractivity contribution in [1.29, 1.82) is 0 Å². The summed E-state index contributed by atoms with van der Waals surface area (Å²) in [6, 6.07) is 3.92. The summed E-state index contributed by atoms with van der Waals surface area (Å²) in [4.78, 5) is 30.4. The number of carbonyl (C=O) groups is 2. The maximum atomic E-state index is 10.7. The highest BCUT2D eigenvalue weighted by atomic mass is 32.2. The van der Waals surface area contributed by atoms with Gasteiger partial charge in [0.2, 0.25) is 0 Å². The van der Waals surface area contributed by atoms with E-state index in [0.29, 0.717) is 23.7 Å². The molecule has 0 heterocycles. The molecule has 0 radical (unpaired) electrons. The lowest BCUT2D eigenvalue weighted by atomic mass is 10.2. The molecule has 0 fully saturated rings. The Labute approximate surface area is 120 Å². The van der Waals surface area contributed by atoms with Gasteiger partial charge in [0.25, 0.3) is 12.2 Å². The molecule has 0 aliphatic carbocycles. The van der Waals surface area contributed by atoms with E-state index >= 15 is 0 Å². The molecule has 110 valence electrons. The minimum atomic E-state index is -1.16. The fourth-order valence-electron chi connectivity index (χ4n) is 1.14. The Morgan fingerprint density at radius 3 is 2.50 bits per heavy atom. The Balaban J connectivity index is 0.000000621. The number of thioether (sulfide) groups is 1. The van der Waals surface area contributed by atoms with Gasteiger partial charge in [-0.15, -0.1) is 11.8 Å². The zero-order chi connectivity index (χ0) is 15.5. The molecule has 1 aromatic carbocycles. The van der Waals surface area contributed by atoms with Gasteiger partial charge >= 0.3 is 5.97 Å². The van der Waals surface area contributed by atoms with E-state index in [-0.39, 0.29) is 11.3 Å². The highest BCUT2D eigenvalue weighted by Crippen LogP contribution is 2.29. The third-order valence-corrected chi connectivity index (χ3v) is 2.88. The Morgan fingerprint density at radius 2 is 2.15 bits per heavy atom. The standard InChI is InChI=1S/C9H9NO4S.C3H6O2/c1-2-15-8-4-3-6(9(11)12)5-7(8)10(13)14;1-2-5-3-4/h3-5H,2H2,1H3,(H,11,12);3H,2H2,1H3. The number of benzene rings is 1. The molecule has 0 unspecified atom stereocenters. The molecule has 8 heteroatoms. The van der Waals surface area contributed by atoms with Crippen LogP contribution in [-0.2, 0) is 9.53 Å². The number of aromatic carboxylic acids is 1. The molecule has 0 aromatic heterocycles. The quantitative estimate of drug-likeness (QED) is 0.372. The Kier molecular flexibility index (Phi) is 8.77. The fraction of sp³-hybridized carbons (Fsp3) is 0.333. The van der Waals surface area contributed by atoms with Crippen LogP contribution in [0.1, 0.15) is 24.2 Å². The molecule has 1 aromatic rings. The summed E-state index contributed by atoms with van der Waals surface area (Å²) >= 11 is 1.32. The molecule has 1 rings (SSSR count). The first-order valence-corrected chi connectivity index (χ1v) is 6.66. The molecule has 0 saturated heterocycles. The monoisotopic (exact) mass is 301 g/mol.